The van der Waals surface area contributed by atoms with Gasteiger partial charge in [-0.05, 0) is 56.1 Å². The number of Topliss-reactive ketones (excluding diaryl/α,β-unsaturated/α-hetero) is 1. The van der Waals surface area contributed by atoms with Gasteiger partial charge < -0.3 is 10.1 Å². The van der Waals surface area contributed by atoms with E-state index in [0.29, 0.717) is 29.5 Å². The van der Waals surface area contributed by atoms with E-state index in [9.17, 15) is 14.4 Å². The molecule has 24 heavy (non-hydrogen) atoms. The first-order valence-electron chi connectivity index (χ1n) is 8.57. The lowest BCUT2D eigenvalue weighted by atomic mass is 9.86. The molecule has 2 aliphatic rings. The summed E-state index contributed by atoms with van der Waals surface area (Å²) in [7, 11) is 0. The number of fused-ring (bicyclic) bond motifs is 2. The molecule has 128 valence electrons. The summed E-state index contributed by atoms with van der Waals surface area (Å²) in [6.07, 6.45) is 5.34. The lowest BCUT2D eigenvalue weighted by molar-refractivity contribution is -0.148. The van der Waals surface area contributed by atoms with Crippen LogP contribution in [0.15, 0.2) is 24.3 Å². The van der Waals surface area contributed by atoms with Gasteiger partial charge in [0.15, 0.2) is 12.4 Å². The van der Waals surface area contributed by atoms with Gasteiger partial charge in [-0.2, -0.15) is 0 Å². The molecule has 0 saturated heterocycles. The normalized spacial score (nSPS) is 24.6. The van der Waals surface area contributed by atoms with Crippen LogP contribution >= 0.6 is 0 Å². The highest BCUT2D eigenvalue weighted by atomic mass is 16.5. The van der Waals surface area contributed by atoms with Gasteiger partial charge >= 0.3 is 5.97 Å². The van der Waals surface area contributed by atoms with E-state index in [-0.39, 0.29) is 18.4 Å². The van der Waals surface area contributed by atoms with E-state index in [1.54, 1.807) is 24.3 Å². The number of anilines is 1. The van der Waals surface area contributed by atoms with E-state index in [1.807, 2.05) is 0 Å². The summed E-state index contributed by atoms with van der Waals surface area (Å²) >= 11 is 0. The Labute approximate surface area is 141 Å². The van der Waals surface area contributed by atoms with Crippen LogP contribution in [0.5, 0.6) is 0 Å². The molecular weight excluding hydrogens is 306 g/mol. The summed E-state index contributed by atoms with van der Waals surface area (Å²) in [5, 5.41) is 2.64. The predicted octanol–water partition coefficient (Wildman–Crippen LogP) is 3.20. The van der Waals surface area contributed by atoms with Crippen molar-refractivity contribution in [3.8, 4) is 0 Å². The first kappa shape index (κ1) is 16.7. The number of amides is 1. The van der Waals surface area contributed by atoms with Crippen LogP contribution in [0.3, 0.4) is 0 Å². The number of benzene rings is 1. The highest BCUT2D eigenvalue weighted by Crippen LogP contribution is 2.49. The number of ketones is 1. The van der Waals surface area contributed by atoms with Gasteiger partial charge in [0.1, 0.15) is 0 Å². The third-order valence-corrected chi connectivity index (χ3v) is 5.23. The molecule has 1 amide bonds. The summed E-state index contributed by atoms with van der Waals surface area (Å²) in [5.74, 6) is 1.16. The Hall–Kier alpha value is -2.17. The maximum atomic E-state index is 11.9. The molecule has 1 aromatic rings. The molecule has 1 aromatic carbocycles. The van der Waals surface area contributed by atoms with Gasteiger partial charge in [0.05, 0.1) is 0 Å². The standard InChI is InChI=1S/C19H23NO4/c1-12(21)14-3-2-4-17(9-14)20-18(22)11-24-19(23)10-16-8-13-5-6-15(16)7-13/h2-4,9,13,15-16H,5-8,10-11H2,1H3,(H,20,22)/t13-,15+,16-/m0/s1. The van der Waals surface area contributed by atoms with E-state index in [4.69, 9.17) is 4.74 Å². The number of ether oxygens (including phenoxy) is 1. The highest BCUT2D eigenvalue weighted by molar-refractivity contribution is 5.97. The molecule has 0 heterocycles. The Morgan fingerprint density at radius 1 is 1.21 bits per heavy atom. The monoisotopic (exact) mass is 329 g/mol. The highest BCUT2D eigenvalue weighted by Gasteiger charge is 2.40. The van der Waals surface area contributed by atoms with Gasteiger partial charge in [0.2, 0.25) is 0 Å². The van der Waals surface area contributed by atoms with Crippen LogP contribution in [-0.4, -0.2) is 24.3 Å². The molecule has 1 N–H and O–H groups in total. The van der Waals surface area contributed by atoms with Crippen LogP contribution in [0, 0.1) is 17.8 Å². The fourth-order valence-electron chi connectivity index (χ4n) is 4.06. The van der Waals surface area contributed by atoms with Gasteiger partial charge in [-0.15, -0.1) is 0 Å². The van der Waals surface area contributed by atoms with Crippen LogP contribution in [0.1, 0.15) is 49.4 Å². The minimum absolute atomic E-state index is 0.0663. The quantitative estimate of drug-likeness (QED) is 0.642. The predicted molar refractivity (Wildman–Crippen MR) is 89.6 cm³/mol. The van der Waals surface area contributed by atoms with Gasteiger partial charge in [-0.1, -0.05) is 18.6 Å². The summed E-state index contributed by atoms with van der Waals surface area (Å²) in [6, 6.07) is 6.69. The van der Waals surface area contributed by atoms with Crippen molar-refractivity contribution in [2.75, 3.05) is 11.9 Å². The molecule has 0 spiro atoms. The summed E-state index contributed by atoms with van der Waals surface area (Å²) in [6.45, 7) is 1.18. The third kappa shape index (κ3) is 4.02. The Kier molecular flexibility index (Phi) is 4.97. The zero-order valence-electron chi connectivity index (χ0n) is 13.9. The number of nitrogens with one attached hydrogen (secondary N) is 1. The summed E-state index contributed by atoms with van der Waals surface area (Å²) in [5.41, 5.74) is 1.05. The fourth-order valence-corrected chi connectivity index (χ4v) is 4.06. The molecule has 0 aromatic heterocycles. The van der Waals surface area contributed by atoms with Crippen molar-refractivity contribution < 1.29 is 19.1 Å². The van der Waals surface area contributed by atoms with Crippen molar-refractivity contribution >= 4 is 23.3 Å². The molecule has 2 bridgehead atoms. The molecule has 2 aliphatic carbocycles. The summed E-state index contributed by atoms with van der Waals surface area (Å²) in [4.78, 5) is 35.2. The van der Waals surface area contributed by atoms with Gasteiger partial charge in [0, 0.05) is 17.7 Å². The number of esters is 1. The van der Waals surface area contributed by atoms with Crippen LogP contribution in [0.25, 0.3) is 0 Å². The second-order valence-corrected chi connectivity index (χ2v) is 6.98. The Morgan fingerprint density at radius 2 is 2.04 bits per heavy atom. The van der Waals surface area contributed by atoms with E-state index < -0.39 is 5.91 Å². The minimum atomic E-state index is -0.392. The molecular formula is C19H23NO4. The molecule has 3 atom stereocenters. The number of carbonyl (C=O) groups is 3. The molecule has 3 rings (SSSR count). The third-order valence-electron chi connectivity index (χ3n) is 5.23. The molecule has 2 fully saturated rings. The SMILES string of the molecule is CC(=O)c1cccc(NC(=O)COC(=O)C[C@@H]2C[C@H]3CC[C@@H]2C3)c1. The summed E-state index contributed by atoms with van der Waals surface area (Å²) < 4.78 is 5.11. The molecule has 2 saturated carbocycles. The van der Waals surface area contributed by atoms with Crippen LogP contribution in [0.2, 0.25) is 0 Å². The first-order chi connectivity index (χ1) is 11.5. The zero-order valence-corrected chi connectivity index (χ0v) is 13.9. The van der Waals surface area contributed by atoms with E-state index >= 15 is 0 Å². The molecule has 0 aliphatic heterocycles. The first-order valence-corrected chi connectivity index (χ1v) is 8.57. The van der Waals surface area contributed by atoms with Crippen molar-refractivity contribution in [2.45, 2.75) is 39.0 Å². The second-order valence-electron chi connectivity index (χ2n) is 6.98. The van der Waals surface area contributed by atoms with Crippen molar-refractivity contribution in [1.82, 2.24) is 0 Å². The largest absolute Gasteiger partial charge is 0.456 e. The number of hydrogen-bond acceptors (Lipinski definition) is 4. The lowest BCUT2D eigenvalue weighted by Gasteiger charge is -2.20. The minimum Gasteiger partial charge on any atom is -0.456 e. The van der Waals surface area contributed by atoms with Crippen LogP contribution in [0.4, 0.5) is 5.69 Å². The van der Waals surface area contributed by atoms with E-state index in [0.717, 1.165) is 12.3 Å². The lowest BCUT2D eigenvalue weighted by Crippen LogP contribution is -2.23. The van der Waals surface area contributed by atoms with Crippen molar-refractivity contribution in [3.63, 3.8) is 0 Å². The Bertz CT molecular complexity index is 655. The van der Waals surface area contributed by atoms with Gasteiger partial charge in [-0.3, -0.25) is 14.4 Å². The molecule has 0 unspecified atom stereocenters. The van der Waals surface area contributed by atoms with Crippen molar-refractivity contribution in [3.05, 3.63) is 29.8 Å². The maximum Gasteiger partial charge on any atom is 0.306 e. The van der Waals surface area contributed by atoms with Gasteiger partial charge in [0.25, 0.3) is 5.91 Å². The fraction of sp³-hybridized carbons (Fsp3) is 0.526. The van der Waals surface area contributed by atoms with Crippen LogP contribution < -0.4 is 5.32 Å². The number of rotatable bonds is 6. The van der Waals surface area contributed by atoms with Crippen LogP contribution in [-0.2, 0) is 14.3 Å². The van der Waals surface area contributed by atoms with Crippen molar-refractivity contribution in [2.24, 2.45) is 17.8 Å². The zero-order chi connectivity index (χ0) is 17.1. The number of hydrogen-bond donors (Lipinski definition) is 1. The molecule has 5 nitrogen and oxygen atoms in total. The van der Waals surface area contributed by atoms with E-state index in [1.165, 1.54) is 26.2 Å². The average Bonchev–Trinajstić information content (AvgIpc) is 3.16. The molecule has 5 heteroatoms. The smallest absolute Gasteiger partial charge is 0.306 e. The maximum absolute atomic E-state index is 11.9. The number of carbonyl (C=O) groups excluding carboxylic acids is 3. The van der Waals surface area contributed by atoms with Gasteiger partial charge in [-0.25, -0.2) is 0 Å². The Balaban J connectivity index is 1.43. The second kappa shape index (κ2) is 7.16. The van der Waals surface area contributed by atoms with Crippen molar-refractivity contribution in [1.29, 1.82) is 0 Å². The van der Waals surface area contributed by atoms with E-state index in [2.05, 4.69) is 5.32 Å². The Morgan fingerprint density at radius 3 is 2.71 bits per heavy atom. The molecule has 0 radical (unpaired) electrons. The topological polar surface area (TPSA) is 72.5 Å². The average molecular weight is 329 g/mol.